The van der Waals surface area contributed by atoms with Crippen LogP contribution in [-0.4, -0.2) is 19.9 Å². The summed E-state index contributed by atoms with van der Waals surface area (Å²) >= 11 is 0. The van der Waals surface area contributed by atoms with Gasteiger partial charge in [0.25, 0.3) is 0 Å². The second-order valence-corrected chi connectivity index (χ2v) is 13.9. The number of rotatable bonds is 7. The molecular formula is C50H31N5O2. The summed E-state index contributed by atoms with van der Waals surface area (Å²) in [6.07, 6.45) is 1.82. The van der Waals surface area contributed by atoms with Gasteiger partial charge in [-0.05, 0) is 91.0 Å². The average molecular weight is 734 g/mol. The van der Waals surface area contributed by atoms with Gasteiger partial charge >= 0.3 is 0 Å². The first kappa shape index (κ1) is 32.5. The highest BCUT2D eigenvalue weighted by molar-refractivity contribution is 6.04. The molecule has 57 heavy (non-hydrogen) atoms. The number of nitrogens with zero attached hydrogens (tertiary/aromatic N) is 5. The molecule has 0 radical (unpaired) electrons. The predicted octanol–water partition coefficient (Wildman–Crippen LogP) is 13.2. The van der Waals surface area contributed by atoms with Crippen molar-refractivity contribution in [3.8, 4) is 45.2 Å². The Morgan fingerprint density at radius 3 is 1.81 bits per heavy atom. The Morgan fingerprint density at radius 2 is 1.07 bits per heavy atom. The second-order valence-electron chi connectivity index (χ2n) is 13.9. The first-order valence-electron chi connectivity index (χ1n) is 18.8. The first-order valence-corrected chi connectivity index (χ1v) is 18.8. The Kier molecular flexibility index (Phi) is 7.67. The minimum absolute atomic E-state index is 0.588. The van der Waals surface area contributed by atoms with Crippen molar-refractivity contribution in [2.75, 3.05) is 4.90 Å². The van der Waals surface area contributed by atoms with Gasteiger partial charge in [0, 0.05) is 61.7 Å². The van der Waals surface area contributed by atoms with Gasteiger partial charge in [-0.15, -0.1) is 0 Å². The van der Waals surface area contributed by atoms with Crippen LogP contribution in [0.3, 0.4) is 0 Å². The molecule has 7 nitrogen and oxygen atoms in total. The Balaban J connectivity index is 0.975. The highest BCUT2D eigenvalue weighted by Crippen LogP contribution is 2.39. The zero-order valence-corrected chi connectivity index (χ0v) is 30.5. The van der Waals surface area contributed by atoms with E-state index in [1.165, 1.54) is 0 Å². The molecule has 0 saturated carbocycles. The van der Waals surface area contributed by atoms with Crippen molar-refractivity contribution in [2.24, 2.45) is 0 Å². The third-order valence-corrected chi connectivity index (χ3v) is 10.4. The van der Waals surface area contributed by atoms with Gasteiger partial charge in [0.1, 0.15) is 11.1 Å². The fourth-order valence-electron chi connectivity index (χ4n) is 7.56. The van der Waals surface area contributed by atoms with Crippen molar-refractivity contribution in [2.45, 2.75) is 0 Å². The van der Waals surface area contributed by atoms with Crippen LogP contribution in [0.2, 0.25) is 0 Å². The first-order chi connectivity index (χ1) is 28.2. The van der Waals surface area contributed by atoms with E-state index in [-0.39, 0.29) is 0 Å². The van der Waals surface area contributed by atoms with Crippen molar-refractivity contribution < 1.29 is 8.83 Å². The molecule has 0 aliphatic carbocycles. The molecule has 11 rings (SSSR count). The molecule has 0 fully saturated rings. The van der Waals surface area contributed by atoms with Gasteiger partial charge in [-0.3, -0.25) is 4.98 Å². The van der Waals surface area contributed by atoms with Crippen molar-refractivity contribution in [3.63, 3.8) is 0 Å². The van der Waals surface area contributed by atoms with Crippen LogP contribution in [-0.2, 0) is 0 Å². The van der Waals surface area contributed by atoms with E-state index in [4.69, 9.17) is 28.8 Å². The van der Waals surface area contributed by atoms with Crippen LogP contribution in [0.4, 0.5) is 17.1 Å². The Bertz CT molecular complexity index is 3190. The van der Waals surface area contributed by atoms with E-state index < -0.39 is 0 Å². The Hall–Kier alpha value is -7.90. The summed E-state index contributed by atoms with van der Waals surface area (Å²) < 4.78 is 12.2. The number of anilines is 3. The van der Waals surface area contributed by atoms with Crippen LogP contribution in [0.5, 0.6) is 0 Å². The molecule has 11 aromatic rings. The maximum atomic E-state index is 6.10. The summed E-state index contributed by atoms with van der Waals surface area (Å²) in [6.45, 7) is 0. The fraction of sp³-hybridized carbons (Fsp3) is 0. The highest BCUT2D eigenvalue weighted by Gasteiger charge is 2.17. The molecule has 0 bridgehead atoms. The molecule has 0 spiro atoms. The largest absolute Gasteiger partial charge is 0.438 e. The molecule has 5 aromatic heterocycles. The zero-order chi connectivity index (χ0) is 37.7. The Labute approximate surface area is 327 Å². The number of para-hydroxylation sites is 3. The molecular weight excluding hydrogens is 703 g/mol. The number of aromatic nitrogens is 4. The molecule has 268 valence electrons. The van der Waals surface area contributed by atoms with E-state index in [2.05, 4.69) is 120 Å². The van der Waals surface area contributed by atoms with Crippen molar-refractivity contribution >= 4 is 61.1 Å². The fourth-order valence-corrected chi connectivity index (χ4v) is 7.56. The number of hydrogen-bond donors (Lipinski definition) is 0. The van der Waals surface area contributed by atoms with E-state index in [1.54, 1.807) is 0 Å². The maximum Gasteiger partial charge on any atom is 0.227 e. The zero-order valence-electron chi connectivity index (χ0n) is 30.5. The number of benzene rings is 6. The maximum absolute atomic E-state index is 6.10. The van der Waals surface area contributed by atoms with Crippen LogP contribution in [0.25, 0.3) is 89.3 Å². The topological polar surface area (TPSA) is 81.1 Å². The monoisotopic (exact) mass is 733 g/mol. The van der Waals surface area contributed by atoms with Crippen LogP contribution >= 0.6 is 0 Å². The van der Waals surface area contributed by atoms with Crippen molar-refractivity contribution in [3.05, 3.63) is 188 Å². The third-order valence-electron chi connectivity index (χ3n) is 10.4. The lowest BCUT2D eigenvalue weighted by Gasteiger charge is -2.26. The number of hydrogen-bond acceptors (Lipinski definition) is 7. The molecule has 0 unspecified atom stereocenters. The van der Waals surface area contributed by atoms with Gasteiger partial charge in [0.15, 0.2) is 5.58 Å². The summed E-state index contributed by atoms with van der Waals surface area (Å²) in [4.78, 5) is 21.7. The normalized spacial score (nSPS) is 11.5. The number of pyridine rings is 3. The average Bonchev–Trinajstić information content (AvgIpc) is 3.89. The molecule has 0 amide bonds. The molecule has 0 atom stereocenters. The summed E-state index contributed by atoms with van der Waals surface area (Å²) in [5.74, 6) is 0.588. The lowest BCUT2D eigenvalue weighted by molar-refractivity contribution is 0.620. The quantitative estimate of drug-likeness (QED) is 0.161. The molecule has 0 saturated heterocycles. The van der Waals surface area contributed by atoms with Crippen molar-refractivity contribution in [1.82, 2.24) is 19.9 Å². The van der Waals surface area contributed by atoms with Gasteiger partial charge < -0.3 is 13.7 Å². The molecule has 0 aliphatic heterocycles. The Morgan fingerprint density at radius 1 is 0.421 bits per heavy atom. The summed E-state index contributed by atoms with van der Waals surface area (Å²) in [5.41, 5.74) is 13.4. The number of fused-ring (bicyclic) bond motifs is 5. The van der Waals surface area contributed by atoms with Gasteiger partial charge in [-0.2, -0.15) is 0 Å². The minimum Gasteiger partial charge on any atom is -0.438 e. The highest BCUT2D eigenvalue weighted by atomic mass is 16.3. The summed E-state index contributed by atoms with van der Waals surface area (Å²) in [6, 6.07) is 61.8. The van der Waals surface area contributed by atoms with E-state index in [0.717, 1.165) is 94.8 Å². The lowest BCUT2D eigenvalue weighted by Crippen LogP contribution is -2.09. The van der Waals surface area contributed by atoms with E-state index in [1.807, 2.05) is 72.9 Å². The lowest BCUT2D eigenvalue weighted by atomic mass is 10.0. The van der Waals surface area contributed by atoms with Crippen LogP contribution in [0.1, 0.15) is 0 Å². The molecule has 0 N–H and O–H groups in total. The van der Waals surface area contributed by atoms with Gasteiger partial charge in [0.05, 0.1) is 22.6 Å². The SMILES string of the molecule is c1ccc(-c2nc(-c3ccc(N(c4ccc(-c5ccc6c(n5)oc5ccccc56)cc4)c4ccc(-c5nc6ccccc6o5)cc4)cc3)cc3cccnc23)cc1. The molecule has 5 heterocycles. The molecule has 7 heteroatoms. The smallest absolute Gasteiger partial charge is 0.227 e. The van der Waals surface area contributed by atoms with E-state index >= 15 is 0 Å². The van der Waals surface area contributed by atoms with Gasteiger partial charge in [0.2, 0.25) is 11.6 Å². The number of furan rings is 1. The summed E-state index contributed by atoms with van der Waals surface area (Å²) in [7, 11) is 0. The third kappa shape index (κ3) is 5.86. The van der Waals surface area contributed by atoms with Crippen LogP contribution in [0, 0.1) is 0 Å². The van der Waals surface area contributed by atoms with Gasteiger partial charge in [-0.1, -0.05) is 91.0 Å². The van der Waals surface area contributed by atoms with Crippen LogP contribution < -0.4 is 4.90 Å². The van der Waals surface area contributed by atoms with E-state index in [9.17, 15) is 0 Å². The van der Waals surface area contributed by atoms with Gasteiger partial charge in [-0.25, -0.2) is 15.0 Å². The van der Waals surface area contributed by atoms with E-state index in [0.29, 0.717) is 11.6 Å². The molecule has 0 aliphatic rings. The minimum atomic E-state index is 0.588. The second kappa shape index (κ2) is 13.4. The van der Waals surface area contributed by atoms with Crippen LogP contribution in [0.15, 0.2) is 197 Å². The van der Waals surface area contributed by atoms with Crippen molar-refractivity contribution in [1.29, 1.82) is 0 Å². The standard InChI is InChI=1S/C50H31N5O2/c1-2-9-34(10-3-1)48-47-36(11-8-30-51-47)31-44(52-48)33-18-24-38(25-19-33)55(39-26-20-35(21-27-39)49-54-43-13-5-7-15-46(43)57-49)37-22-16-32(17-23-37)42-29-28-41-40-12-4-6-14-45(40)56-50(41)53-42/h1-31H. The molecule has 6 aromatic carbocycles. The summed E-state index contributed by atoms with van der Waals surface area (Å²) in [5, 5.41) is 3.12. The number of oxazole rings is 1. The predicted molar refractivity (Wildman–Crippen MR) is 229 cm³/mol.